The predicted molar refractivity (Wildman–Crippen MR) is 125 cm³/mol. The molecule has 3 aromatic rings. The first-order valence-corrected chi connectivity index (χ1v) is 10.5. The highest BCUT2D eigenvalue weighted by Crippen LogP contribution is 2.18. The Morgan fingerprint density at radius 2 is 1.70 bits per heavy atom. The molecular weight excluding hydrogens is 418 g/mol. The normalized spacial score (nSPS) is 10.8. The average Bonchev–Trinajstić information content (AvgIpc) is 2.85. The van der Waals surface area contributed by atoms with Gasteiger partial charge in [0.05, 0.1) is 4.92 Å². The minimum absolute atomic E-state index is 0.0309. The zero-order chi connectivity index (χ0) is 23.5. The van der Waals surface area contributed by atoms with Gasteiger partial charge < -0.3 is 10.1 Å². The summed E-state index contributed by atoms with van der Waals surface area (Å²) in [5.74, 6) is 0.207. The largest absolute Gasteiger partial charge is 0.489 e. The molecule has 0 fully saturated rings. The van der Waals surface area contributed by atoms with Gasteiger partial charge in [-0.05, 0) is 59.9 Å². The maximum absolute atomic E-state index is 12.3. The second kappa shape index (κ2) is 11.8. The Hall–Kier alpha value is -4.44. The number of hydrogen-bond donors (Lipinski definition) is 1. The number of hydrogen-bond acceptors (Lipinski definition) is 5. The van der Waals surface area contributed by atoms with Crippen LogP contribution in [0.3, 0.4) is 0 Å². The maximum atomic E-state index is 12.3. The Morgan fingerprint density at radius 3 is 2.33 bits per heavy atom. The zero-order valence-electron chi connectivity index (χ0n) is 17.9. The van der Waals surface area contributed by atoms with Crippen molar-refractivity contribution in [3.8, 4) is 11.8 Å². The van der Waals surface area contributed by atoms with E-state index in [0.29, 0.717) is 17.9 Å². The summed E-state index contributed by atoms with van der Waals surface area (Å²) >= 11 is 0. The van der Waals surface area contributed by atoms with Crippen LogP contribution in [-0.2, 0) is 17.8 Å². The monoisotopic (exact) mass is 441 g/mol. The molecule has 0 aromatic heterocycles. The molecule has 0 unspecified atom stereocenters. The lowest BCUT2D eigenvalue weighted by Crippen LogP contribution is -2.25. The molecule has 0 saturated carbocycles. The highest BCUT2D eigenvalue weighted by Gasteiger charge is 2.09. The van der Waals surface area contributed by atoms with Gasteiger partial charge in [-0.1, -0.05) is 42.5 Å². The molecule has 0 aliphatic heterocycles. The van der Waals surface area contributed by atoms with Crippen molar-refractivity contribution in [1.29, 1.82) is 5.26 Å². The Bertz CT molecular complexity index is 1150. The van der Waals surface area contributed by atoms with Crippen molar-refractivity contribution < 1.29 is 14.5 Å². The van der Waals surface area contributed by atoms with Crippen molar-refractivity contribution in [3.05, 3.63) is 111 Å². The molecule has 0 spiro atoms. The van der Waals surface area contributed by atoms with Crippen LogP contribution in [0, 0.1) is 21.4 Å². The Morgan fingerprint density at radius 1 is 1.00 bits per heavy atom. The number of carbonyl (C=O) groups excluding carboxylic acids is 1. The van der Waals surface area contributed by atoms with Crippen molar-refractivity contribution in [2.24, 2.45) is 0 Å². The number of nitrogens with one attached hydrogen (secondary N) is 1. The molecule has 7 heteroatoms. The van der Waals surface area contributed by atoms with Gasteiger partial charge in [-0.15, -0.1) is 0 Å². The van der Waals surface area contributed by atoms with Crippen LogP contribution in [0.4, 0.5) is 5.69 Å². The average molecular weight is 441 g/mol. The summed E-state index contributed by atoms with van der Waals surface area (Å²) < 4.78 is 5.69. The number of nitro groups is 1. The molecular formula is C26H23N3O4. The van der Waals surface area contributed by atoms with E-state index in [0.717, 1.165) is 18.4 Å². The van der Waals surface area contributed by atoms with Gasteiger partial charge in [0, 0.05) is 18.7 Å². The van der Waals surface area contributed by atoms with Gasteiger partial charge in [0.25, 0.3) is 11.6 Å². The van der Waals surface area contributed by atoms with Crippen LogP contribution in [0.1, 0.15) is 23.1 Å². The van der Waals surface area contributed by atoms with Crippen LogP contribution in [0.15, 0.2) is 84.4 Å². The number of nitriles is 1. The molecule has 0 saturated heterocycles. The third kappa shape index (κ3) is 7.33. The number of non-ortho nitro benzene ring substituents is 1. The molecule has 3 rings (SSSR count). The topological polar surface area (TPSA) is 105 Å². The van der Waals surface area contributed by atoms with E-state index in [-0.39, 0.29) is 17.9 Å². The minimum atomic E-state index is -0.447. The third-order valence-corrected chi connectivity index (χ3v) is 4.88. The van der Waals surface area contributed by atoms with Crippen LogP contribution in [-0.4, -0.2) is 17.4 Å². The van der Waals surface area contributed by atoms with E-state index < -0.39 is 10.8 Å². The SMILES string of the molecule is N#C/C(=C/c1ccc(OCc2ccc([N+](=O)[O-])cc2)cc1)C(=O)NCCCc1ccccc1. The van der Waals surface area contributed by atoms with Gasteiger partial charge in [-0.25, -0.2) is 0 Å². The van der Waals surface area contributed by atoms with E-state index in [9.17, 15) is 20.2 Å². The standard InChI is InChI=1S/C26H23N3O4/c27-18-23(26(30)28-16-4-7-20-5-2-1-3-6-20)17-21-10-14-25(15-11-21)33-19-22-8-12-24(13-9-22)29(31)32/h1-3,5-6,8-15,17H,4,7,16,19H2,(H,28,30)/b23-17-. The lowest BCUT2D eigenvalue weighted by atomic mass is 10.1. The van der Waals surface area contributed by atoms with E-state index in [4.69, 9.17) is 4.74 Å². The van der Waals surface area contributed by atoms with Gasteiger partial charge in [0.15, 0.2) is 0 Å². The number of rotatable bonds is 10. The molecule has 0 aliphatic carbocycles. The molecule has 0 aliphatic rings. The fraction of sp³-hybridized carbons (Fsp3) is 0.154. The molecule has 166 valence electrons. The number of benzene rings is 3. The first-order valence-electron chi connectivity index (χ1n) is 10.5. The second-order valence-electron chi connectivity index (χ2n) is 7.30. The molecule has 3 aromatic carbocycles. The molecule has 33 heavy (non-hydrogen) atoms. The van der Waals surface area contributed by atoms with E-state index in [1.54, 1.807) is 36.4 Å². The van der Waals surface area contributed by atoms with Crippen LogP contribution >= 0.6 is 0 Å². The minimum Gasteiger partial charge on any atom is -0.489 e. The number of amides is 1. The van der Waals surface area contributed by atoms with Gasteiger partial charge in [-0.2, -0.15) is 5.26 Å². The molecule has 1 amide bonds. The highest BCUT2D eigenvalue weighted by atomic mass is 16.6. The van der Waals surface area contributed by atoms with Crippen LogP contribution in [0.5, 0.6) is 5.75 Å². The van der Waals surface area contributed by atoms with Crippen LogP contribution < -0.4 is 10.1 Å². The zero-order valence-corrected chi connectivity index (χ0v) is 17.9. The summed E-state index contributed by atoms with van der Waals surface area (Å²) in [5, 5.41) is 22.9. The molecule has 0 atom stereocenters. The van der Waals surface area contributed by atoms with Crippen molar-refractivity contribution >= 4 is 17.7 Å². The Balaban J connectivity index is 1.49. The first kappa shape index (κ1) is 23.2. The van der Waals surface area contributed by atoms with Gasteiger partial charge in [0.1, 0.15) is 24.0 Å². The van der Waals surface area contributed by atoms with E-state index in [1.165, 1.54) is 23.8 Å². The molecule has 7 nitrogen and oxygen atoms in total. The summed E-state index contributed by atoms with van der Waals surface area (Å²) in [4.78, 5) is 22.6. The second-order valence-corrected chi connectivity index (χ2v) is 7.30. The number of carbonyl (C=O) groups is 1. The quantitative estimate of drug-likeness (QED) is 0.159. The third-order valence-electron chi connectivity index (χ3n) is 4.88. The fourth-order valence-corrected chi connectivity index (χ4v) is 3.09. The summed E-state index contributed by atoms with van der Waals surface area (Å²) in [6.07, 6.45) is 3.18. The molecule has 1 N–H and O–H groups in total. The number of ether oxygens (including phenoxy) is 1. The van der Waals surface area contributed by atoms with Crippen LogP contribution in [0.25, 0.3) is 6.08 Å². The summed E-state index contributed by atoms with van der Waals surface area (Å²) in [6.45, 7) is 0.754. The van der Waals surface area contributed by atoms with E-state index in [2.05, 4.69) is 5.32 Å². The lowest BCUT2D eigenvalue weighted by Gasteiger charge is -2.07. The summed E-state index contributed by atoms with van der Waals surface area (Å²) in [6, 6.07) is 25.1. The Kier molecular flexibility index (Phi) is 8.32. The lowest BCUT2D eigenvalue weighted by molar-refractivity contribution is -0.384. The van der Waals surface area contributed by atoms with Gasteiger partial charge >= 0.3 is 0 Å². The number of nitrogens with zero attached hydrogens (tertiary/aromatic N) is 2. The maximum Gasteiger partial charge on any atom is 0.269 e. The van der Waals surface area contributed by atoms with Gasteiger partial charge in [0.2, 0.25) is 0 Å². The Labute approximate surface area is 192 Å². The van der Waals surface area contributed by atoms with Crippen LogP contribution in [0.2, 0.25) is 0 Å². The smallest absolute Gasteiger partial charge is 0.269 e. The number of aryl methyl sites for hydroxylation is 1. The molecule has 0 radical (unpaired) electrons. The van der Waals surface area contributed by atoms with Gasteiger partial charge in [-0.3, -0.25) is 14.9 Å². The van der Waals surface area contributed by atoms with Crippen molar-refractivity contribution in [2.75, 3.05) is 6.54 Å². The molecule has 0 heterocycles. The highest BCUT2D eigenvalue weighted by molar-refractivity contribution is 6.01. The van der Waals surface area contributed by atoms with Crippen molar-refractivity contribution in [2.45, 2.75) is 19.4 Å². The summed E-state index contributed by atoms with van der Waals surface area (Å²) in [5.41, 5.74) is 2.78. The van der Waals surface area contributed by atoms with Crippen molar-refractivity contribution in [3.63, 3.8) is 0 Å². The first-order chi connectivity index (χ1) is 16.0. The van der Waals surface area contributed by atoms with Crippen molar-refractivity contribution in [1.82, 2.24) is 5.32 Å². The molecule has 0 bridgehead atoms. The fourth-order valence-electron chi connectivity index (χ4n) is 3.09. The summed E-state index contributed by atoms with van der Waals surface area (Å²) in [7, 11) is 0. The van der Waals surface area contributed by atoms with E-state index in [1.807, 2.05) is 36.4 Å². The number of nitro benzene ring substituents is 1. The van der Waals surface area contributed by atoms with E-state index >= 15 is 0 Å². The predicted octanol–water partition coefficient (Wildman–Crippen LogP) is 4.83.